The molecule has 2 heterocycles. The van der Waals surface area contributed by atoms with E-state index < -0.39 is 6.09 Å². The van der Waals surface area contributed by atoms with Gasteiger partial charge in [-0.2, -0.15) is 0 Å². The highest BCUT2D eigenvalue weighted by Crippen LogP contribution is 2.32. The number of carbonyl (C=O) groups excluding carboxylic acids is 1. The second-order valence-corrected chi connectivity index (χ2v) is 5.48. The van der Waals surface area contributed by atoms with Crippen LogP contribution in [0.25, 0.3) is 11.0 Å². The largest absolute Gasteiger partial charge is 0.410 e. The summed E-state index contributed by atoms with van der Waals surface area (Å²) in [5.41, 5.74) is 12.5. The van der Waals surface area contributed by atoms with Crippen molar-refractivity contribution in [3.8, 4) is 5.75 Å². The number of piperidine rings is 1. The summed E-state index contributed by atoms with van der Waals surface area (Å²) in [6.45, 7) is 3.20. The fourth-order valence-corrected chi connectivity index (χ4v) is 3.09. The fraction of sp³-hybridized carbons (Fsp3) is 0.467. The lowest BCUT2D eigenvalue weighted by Gasteiger charge is -2.23. The van der Waals surface area contributed by atoms with Gasteiger partial charge in [-0.1, -0.05) is 6.07 Å². The average molecular weight is 303 g/mol. The maximum Gasteiger partial charge on any atom is 0.410 e. The Morgan fingerprint density at radius 1 is 1.41 bits per heavy atom. The Kier molecular flexibility index (Phi) is 4.26. The molecule has 1 aliphatic rings. The van der Waals surface area contributed by atoms with Crippen LogP contribution in [0.1, 0.15) is 24.6 Å². The van der Waals surface area contributed by atoms with E-state index in [9.17, 15) is 4.79 Å². The lowest BCUT2D eigenvalue weighted by Crippen LogP contribution is -2.28. The minimum absolute atomic E-state index is 0.390. The number of nitrogens with zero attached hydrogens (tertiary/aromatic N) is 2. The number of fused-ring (bicyclic) bond motifs is 1. The van der Waals surface area contributed by atoms with Crippen molar-refractivity contribution in [2.45, 2.75) is 25.3 Å². The number of aromatic nitrogens is 2. The standard InChI is InChI=1S/C15H21N5O2/c16-6-9-20-11-2-1-3-12(22-15(17)21)13(11)19-14(20)10-4-7-18-8-5-10/h1-3,10,18H,4-9,16H2,(H2,17,21). The van der Waals surface area contributed by atoms with E-state index >= 15 is 0 Å². The summed E-state index contributed by atoms with van der Waals surface area (Å²) in [5, 5.41) is 3.36. The molecule has 1 aromatic carbocycles. The number of imidazole rings is 1. The van der Waals surface area contributed by atoms with Crippen LogP contribution in [0.5, 0.6) is 5.75 Å². The molecule has 22 heavy (non-hydrogen) atoms. The zero-order chi connectivity index (χ0) is 15.5. The highest BCUT2D eigenvalue weighted by molar-refractivity contribution is 5.85. The summed E-state index contributed by atoms with van der Waals surface area (Å²) in [6, 6.07) is 5.51. The number of carbonyl (C=O) groups is 1. The molecule has 1 aliphatic heterocycles. The maximum atomic E-state index is 11.1. The minimum Gasteiger partial charge on any atom is -0.408 e. The van der Waals surface area contributed by atoms with E-state index in [1.165, 1.54) is 0 Å². The smallest absolute Gasteiger partial charge is 0.408 e. The van der Waals surface area contributed by atoms with Gasteiger partial charge in [0.25, 0.3) is 0 Å². The van der Waals surface area contributed by atoms with Gasteiger partial charge in [-0.3, -0.25) is 0 Å². The molecular formula is C15H21N5O2. The summed E-state index contributed by atoms with van der Waals surface area (Å²) in [6.07, 6.45) is 1.25. The predicted octanol–water partition coefficient (Wildman–Crippen LogP) is 0.919. The highest BCUT2D eigenvalue weighted by Gasteiger charge is 2.23. The Labute approximate surface area is 128 Å². The number of nitrogens with two attached hydrogens (primary N) is 2. The molecule has 2 aromatic rings. The first-order valence-corrected chi connectivity index (χ1v) is 7.58. The van der Waals surface area contributed by atoms with Crippen LogP contribution in [0.4, 0.5) is 4.79 Å². The van der Waals surface area contributed by atoms with Crippen molar-refractivity contribution in [3.05, 3.63) is 24.0 Å². The van der Waals surface area contributed by atoms with Crippen molar-refractivity contribution >= 4 is 17.1 Å². The third-order valence-corrected chi connectivity index (χ3v) is 4.04. The Morgan fingerprint density at radius 3 is 2.86 bits per heavy atom. The normalized spacial score (nSPS) is 16.0. The van der Waals surface area contributed by atoms with Gasteiger partial charge in [-0.15, -0.1) is 0 Å². The second kappa shape index (κ2) is 6.33. The van der Waals surface area contributed by atoms with E-state index in [0.29, 0.717) is 30.3 Å². The van der Waals surface area contributed by atoms with Crippen molar-refractivity contribution < 1.29 is 9.53 Å². The van der Waals surface area contributed by atoms with Crippen molar-refractivity contribution in [2.75, 3.05) is 19.6 Å². The number of benzene rings is 1. The van der Waals surface area contributed by atoms with Crippen LogP contribution in [0, 0.1) is 0 Å². The molecule has 5 N–H and O–H groups in total. The van der Waals surface area contributed by atoms with E-state index in [1.54, 1.807) is 6.07 Å². The zero-order valence-corrected chi connectivity index (χ0v) is 12.4. The van der Waals surface area contributed by atoms with Gasteiger partial charge < -0.3 is 26.1 Å². The molecule has 0 saturated carbocycles. The number of nitrogens with one attached hydrogen (secondary N) is 1. The average Bonchev–Trinajstić information content (AvgIpc) is 2.88. The third kappa shape index (κ3) is 2.77. The van der Waals surface area contributed by atoms with E-state index in [1.807, 2.05) is 12.1 Å². The van der Waals surface area contributed by atoms with Gasteiger partial charge in [0, 0.05) is 19.0 Å². The summed E-state index contributed by atoms with van der Waals surface area (Å²) >= 11 is 0. The van der Waals surface area contributed by atoms with Gasteiger partial charge >= 0.3 is 6.09 Å². The number of ether oxygens (including phenoxy) is 1. The number of primary amides is 1. The number of hydrogen-bond acceptors (Lipinski definition) is 5. The molecule has 1 saturated heterocycles. The fourth-order valence-electron chi connectivity index (χ4n) is 3.09. The molecule has 1 amide bonds. The Bertz CT molecular complexity index is 676. The van der Waals surface area contributed by atoms with Gasteiger partial charge in [-0.05, 0) is 38.1 Å². The summed E-state index contributed by atoms with van der Waals surface area (Å²) < 4.78 is 7.22. The molecule has 0 unspecified atom stereocenters. The molecule has 0 bridgehead atoms. The minimum atomic E-state index is -0.829. The van der Waals surface area contributed by atoms with E-state index in [0.717, 1.165) is 37.3 Å². The van der Waals surface area contributed by atoms with Crippen molar-refractivity contribution in [1.29, 1.82) is 0 Å². The molecule has 0 aliphatic carbocycles. The number of rotatable bonds is 4. The highest BCUT2D eigenvalue weighted by atomic mass is 16.5. The van der Waals surface area contributed by atoms with E-state index in [2.05, 4.69) is 9.88 Å². The van der Waals surface area contributed by atoms with Crippen LogP contribution in [-0.2, 0) is 6.54 Å². The molecular weight excluding hydrogens is 282 g/mol. The van der Waals surface area contributed by atoms with E-state index in [4.69, 9.17) is 21.2 Å². The van der Waals surface area contributed by atoms with Crippen molar-refractivity contribution in [3.63, 3.8) is 0 Å². The molecule has 0 atom stereocenters. The SMILES string of the molecule is NCCn1c(C2CCNCC2)nc2c(OC(N)=O)cccc21. The lowest BCUT2D eigenvalue weighted by atomic mass is 9.97. The monoisotopic (exact) mass is 303 g/mol. The predicted molar refractivity (Wildman–Crippen MR) is 83.8 cm³/mol. The van der Waals surface area contributed by atoms with Gasteiger partial charge in [0.1, 0.15) is 11.3 Å². The Morgan fingerprint density at radius 2 is 2.18 bits per heavy atom. The quantitative estimate of drug-likeness (QED) is 0.778. The van der Waals surface area contributed by atoms with Gasteiger partial charge in [0.15, 0.2) is 5.75 Å². The molecule has 7 heteroatoms. The number of para-hydroxylation sites is 1. The molecule has 3 rings (SSSR count). The van der Waals surface area contributed by atoms with Gasteiger partial charge in [0.2, 0.25) is 0 Å². The molecule has 1 aromatic heterocycles. The van der Waals surface area contributed by atoms with Gasteiger partial charge in [-0.25, -0.2) is 9.78 Å². The summed E-state index contributed by atoms with van der Waals surface area (Å²) in [5.74, 6) is 1.81. The summed E-state index contributed by atoms with van der Waals surface area (Å²) in [4.78, 5) is 15.8. The number of amides is 1. The van der Waals surface area contributed by atoms with Crippen molar-refractivity contribution in [2.24, 2.45) is 11.5 Å². The van der Waals surface area contributed by atoms with Crippen molar-refractivity contribution in [1.82, 2.24) is 14.9 Å². The topological polar surface area (TPSA) is 108 Å². The van der Waals surface area contributed by atoms with Crippen LogP contribution in [0.15, 0.2) is 18.2 Å². The lowest BCUT2D eigenvalue weighted by molar-refractivity contribution is 0.211. The summed E-state index contributed by atoms with van der Waals surface area (Å²) in [7, 11) is 0. The van der Waals surface area contributed by atoms with Gasteiger partial charge in [0.05, 0.1) is 5.52 Å². The maximum absolute atomic E-state index is 11.1. The third-order valence-electron chi connectivity index (χ3n) is 4.04. The van der Waals surface area contributed by atoms with Crippen LogP contribution in [0.2, 0.25) is 0 Å². The van der Waals surface area contributed by atoms with Crippen LogP contribution in [0.3, 0.4) is 0 Å². The van der Waals surface area contributed by atoms with Crippen LogP contribution >= 0.6 is 0 Å². The molecule has 0 radical (unpaired) electrons. The Hall–Kier alpha value is -2.12. The first-order chi connectivity index (χ1) is 10.7. The van der Waals surface area contributed by atoms with Crippen LogP contribution in [-0.4, -0.2) is 35.3 Å². The molecule has 118 valence electrons. The molecule has 1 fully saturated rings. The first-order valence-electron chi connectivity index (χ1n) is 7.58. The van der Waals surface area contributed by atoms with E-state index in [-0.39, 0.29) is 0 Å². The Balaban J connectivity index is 2.09. The molecule has 0 spiro atoms. The van der Waals surface area contributed by atoms with Crippen LogP contribution < -0.4 is 21.5 Å². The first kappa shape index (κ1) is 14.8. The zero-order valence-electron chi connectivity index (χ0n) is 12.4. The second-order valence-electron chi connectivity index (χ2n) is 5.48. The molecule has 7 nitrogen and oxygen atoms in total. The number of hydrogen-bond donors (Lipinski definition) is 3.